The van der Waals surface area contributed by atoms with Gasteiger partial charge in [-0.25, -0.2) is 9.78 Å². The van der Waals surface area contributed by atoms with E-state index in [1.54, 1.807) is 12.1 Å². The minimum Gasteiger partial charge on any atom is -0.461 e. The molecule has 0 radical (unpaired) electrons. The van der Waals surface area contributed by atoms with Crippen molar-refractivity contribution in [3.8, 4) is 0 Å². The molecule has 0 amide bonds. The molecule has 0 aliphatic heterocycles. The molecular formula is C9H12N2O2. The van der Waals surface area contributed by atoms with Crippen molar-refractivity contribution in [2.24, 2.45) is 0 Å². The number of aromatic nitrogens is 1. The van der Waals surface area contributed by atoms with Gasteiger partial charge in [-0.15, -0.1) is 0 Å². The third-order valence-corrected chi connectivity index (χ3v) is 1.47. The van der Waals surface area contributed by atoms with Gasteiger partial charge < -0.3 is 10.5 Å². The van der Waals surface area contributed by atoms with Crippen molar-refractivity contribution in [2.75, 3.05) is 12.3 Å². The summed E-state index contributed by atoms with van der Waals surface area (Å²) in [6.07, 6.45) is 2.30. The van der Waals surface area contributed by atoms with Crippen LogP contribution in [0.2, 0.25) is 0 Å². The number of esters is 1. The predicted octanol–water partition coefficient (Wildman–Crippen LogP) is 1.23. The fourth-order valence-electron chi connectivity index (χ4n) is 0.851. The lowest BCUT2D eigenvalue weighted by Crippen LogP contribution is -2.10. The van der Waals surface area contributed by atoms with E-state index >= 15 is 0 Å². The number of nitrogens with zero attached hydrogens (tertiary/aromatic N) is 1. The molecule has 0 spiro atoms. The smallest absolute Gasteiger partial charge is 0.359 e. The molecule has 0 bridgehead atoms. The van der Waals surface area contributed by atoms with E-state index in [9.17, 15) is 4.79 Å². The van der Waals surface area contributed by atoms with Crippen LogP contribution in [-0.2, 0) is 4.74 Å². The minimum atomic E-state index is -0.458. The zero-order valence-corrected chi connectivity index (χ0v) is 7.49. The van der Waals surface area contributed by atoms with Gasteiger partial charge in [-0.1, -0.05) is 6.92 Å². The molecule has 0 fully saturated rings. The first-order valence-corrected chi connectivity index (χ1v) is 4.13. The van der Waals surface area contributed by atoms with Crippen LogP contribution in [0.4, 0.5) is 5.69 Å². The molecule has 70 valence electrons. The molecule has 2 N–H and O–H groups in total. The van der Waals surface area contributed by atoms with Crippen molar-refractivity contribution in [3.05, 3.63) is 24.0 Å². The van der Waals surface area contributed by atoms with Crippen molar-refractivity contribution in [3.63, 3.8) is 0 Å². The fraction of sp³-hybridized carbons (Fsp3) is 0.333. The number of rotatable bonds is 3. The second kappa shape index (κ2) is 4.45. The molecule has 1 aromatic heterocycles. The summed E-state index contributed by atoms with van der Waals surface area (Å²) >= 11 is 0. The Labute approximate surface area is 76.7 Å². The number of pyridine rings is 1. The number of nitrogens with two attached hydrogens (primary N) is 1. The van der Waals surface area contributed by atoms with Crippen LogP contribution in [0.3, 0.4) is 0 Å². The Balaban J connectivity index is 2.71. The number of anilines is 1. The van der Waals surface area contributed by atoms with E-state index in [1.165, 1.54) is 6.20 Å². The number of nitrogen functional groups attached to an aromatic ring is 1. The minimum absolute atomic E-state index is 0.191. The van der Waals surface area contributed by atoms with Gasteiger partial charge >= 0.3 is 5.97 Å². The van der Waals surface area contributed by atoms with Gasteiger partial charge in [-0.2, -0.15) is 0 Å². The average Bonchev–Trinajstić information content (AvgIpc) is 2.15. The predicted molar refractivity (Wildman–Crippen MR) is 49.2 cm³/mol. The monoisotopic (exact) mass is 180 g/mol. The molecule has 0 saturated carbocycles. The van der Waals surface area contributed by atoms with Gasteiger partial charge in [0.05, 0.1) is 12.3 Å². The van der Waals surface area contributed by atoms with E-state index in [0.717, 1.165) is 6.42 Å². The van der Waals surface area contributed by atoms with Crippen LogP contribution in [-0.4, -0.2) is 17.6 Å². The lowest BCUT2D eigenvalue weighted by atomic mass is 10.3. The molecule has 1 rings (SSSR count). The number of hydrogen-bond acceptors (Lipinski definition) is 4. The maximum atomic E-state index is 11.3. The summed E-state index contributed by atoms with van der Waals surface area (Å²) in [7, 11) is 0. The lowest BCUT2D eigenvalue weighted by molar-refractivity contribution is 0.0499. The van der Waals surface area contributed by atoms with Crippen LogP contribution in [0, 0.1) is 0 Å². The van der Waals surface area contributed by atoms with E-state index in [0.29, 0.717) is 12.3 Å². The summed E-state index contributed by atoms with van der Waals surface area (Å²) in [5, 5.41) is 0. The van der Waals surface area contributed by atoms with Gasteiger partial charge in [0, 0.05) is 6.20 Å². The Morgan fingerprint density at radius 3 is 3.08 bits per heavy atom. The molecule has 0 atom stereocenters. The molecule has 1 heterocycles. The standard InChI is InChI=1S/C9H12N2O2/c1-2-6-13-9(12)8-7(10)4-3-5-11-8/h3-5H,2,6,10H2,1H3. The van der Waals surface area contributed by atoms with Crippen molar-refractivity contribution >= 4 is 11.7 Å². The van der Waals surface area contributed by atoms with Crippen molar-refractivity contribution < 1.29 is 9.53 Å². The topological polar surface area (TPSA) is 65.2 Å². The molecule has 4 heteroatoms. The third kappa shape index (κ3) is 2.43. The van der Waals surface area contributed by atoms with Gasteiger partial charge in [0.2, 0.25) is 0 Å². The van der Waals surface area contributed by atoms with Gasteiger partial charge in [-0.3, -0.25) is 0 Å². The molecule has 0 aliphatic rings. The number of carbonyl (C=O) groups excluding carboxylic acids is 1. The second-order valence-corrected chi connectivity index (χ2v) is 2.58. The molecule has 0 aromatic carbocycles. The second-order valence-electron chi connectivity index (χ2n) is 2.58. The highest BCUT2D eigenvalue weighted by molar-refractivity contribution is 5.92. The lowest BCUT2D eigenvalue weighted by Gasteiger charge is -2.03. The molecule has 1 aromatic rings. The summed E-state index contributed by atoms with van der Waals surface area (Å²) in [6.45, 7) is 2.32. The largest absolute Gasteiger partial charge is 0.461 e. The summed E-state index contributed by atoms with van der Waals surface area (Å²) in [5.74, 6) is -0.458. The SMILES string of the molecule is CCCOC(=O)c1ncccc1N. The Morgan fingerprint density at radius 1 is 1.69 bits per heavy atom. The number of ether oxygens (including phenoxy) is 1. The van der Waals surface area contributed by atoms with Crippen LogP contribution in [0.1, 0.15) is 23.8 Å². The average molecular weight is 180 g/mol. The Bertz CT molecular complexity index is 299. The number of hydrogen-bond donors (Lipinski definition) is 1. The van der Waals surface area contributed by atoms with E-state index in [1.807, 2.05) is 6.92 Å². The normalized spacial score (nSPS) is 9.62. The Hall–Kier alpha value is -1.58. The summed E-state index contributed by atoms with van der Waals surface area (Å²) in [6, 6.07) is 3.29. The first kappa shape index (κ1) is 9.51. The maximum Gasteiger partial charge on any atom is 0.359 e. The summed E-state index contributed by atoms with van der Waals surface area (Å²) in [5.41, 5.74) is 6.07. The third-order valence-electron chi connectivity index (χ3n) is 1.47. The van der Waals surface area contributed by atoms with Crippen molar-refractivity contribution in [1.29, 1.82) is 0 Å². The van der Waals surface area contributed by atoms with Crippen LogP contribution < -0.4 is 5.73 Å². The molecule has 0 unspecified atom stereocenters. The Kier molecular flexibility index (Phi) is 3.25. The zero-order chi connectivity index (χ0) is 9.68. The van der Waals surface area contributed by atoms with Crippen LogP contribution in [0.15, 0.2) is 18.3 Å². The van der Waals surface area contributed by atoms with Gasteiger partial charge in [-0.05, 0) is 18.6 Å². The van der Waals surface area contributed by atoms with E-state index in [2.05, 4.69) is 4.98 Å². The highest BCUT2D eigenvalue weighted by Crippen LogP contribution is 2.08. The van der Waals surface area contributed by atoms with Crippen LogP contribution in [0.5, 0.6) is 0 Å². The van der Waals surface area contributed by atoms with Crippen LogP contribution >= 0.6 is 0 Å². The van der Waals surface area contributed by atoms with Crippen molar-refractivity contribution in [1.82, 2.24) is 4.98 Å². The zero-order valence-electron chi connectivity index (χ0n) is 7.49. The Morgan fingerprint density at radius 2 is 2.46 bits per heavy atom. The molecular weight excluding hydrogens is 168 g/mol. The molecule has 13 heavy (non-hydrogen) atoms. The van der Waals surface area contributed by atoms with E-state index in [-0.39, 0.29) is 5.69 Å². The maximum absolute atomic E-state index is 11.3. The first-order chi connectivity index (χ1) is 6.25. The van der Waals surface area contributed by atoms with E-state index < -0.39 is 5.97 Å². The molecule has 0 saturated heterocycles. The molecule has 0 aliphatic carbocycles. The van der Waals surface area contributed by atoms with Gasteiger partial charge in [0.25, 0.3) is 0 Å². The summed E-state index contributed by atoms with van der Waals surface area (Å²) in [4.78, 5) is 15.1. The first-order valence-electron chi connectivity index (χ1n) is 4.13. The quantitative estimate of drug-likeness (QED) is 0.710. The summed E-state index contributed by atoms with van der Waals surface area (Å²) < 4.78 is 4.88. The van der Waals surface area contributed by atoms with Crippen LogP contribution in [0.25, 0.3) is 0 Å². The van der Waals surface area contributed by atoms with Gasteiger partial charge in [0.15, 0.2) is 5.69 Å². The van der Waals surface area contributed by atoms with Crippen molar-refractivity contribution in [2.45, 2.75) is 13.3 Å². The highest BCUT2D eigenvalue weighted by Gasteiger charge is 2.10. The number of carbonyl (C=O) groups is 1. The fourth-order valence-corrected chi connectivity index (χ4v) is 0.851. The van der Waals surface area contributed by atoms with E-state index in [4.69, 9.17) is 10.5 Å². The highest BCUT2D eigenvalue weighted by atomic mass is 16.5. The molecule has 4 nitrogen and oxygen atoms in total. The van der Waals surface area contributed by atoms with Gasteiger partial charge in [0.1, 0.15) is 0 Å².